The number of urea groups is 1. The largest absolute Gasteiger partial charge is 0.479 e. The Hall–Kier alpha value is -1.60. The average molecular weight is 284 g/mol. The Labute approximate surface area is 114 Å². The lowest BCUT2D eigenvalue weighted by atomic mass is 9.94. The van der Waals surface area contributed by atoms with E-state index in [9.17, 15) is 9.59 Å². The number of carboxylic acid groups (broad SMARTS) is 1. The number of fused-ring (bicyclic) bond motifs is 1. The molecule has 1 heterocycles. The molecule has 104 valence electrons. The Morgan fingerprint density at radius 1 is 1.53 bits per heavy atom. The van der Waals surface area contributed by atoms with Crippen LogP contribution in [0.5, 0.6) is 0 Å². The first-order valence-electron chi connectivity index (χ1n) is 6.09. The van der Waals surface area contributed by atoms with E-state index < -0.39 is 18.1 Å². The van der Waals surface area contributed by atoms with Crippen LogP contribution in [0.3, 0.4) is 0 Å². The van der Waals surface area contributed by atoms with Crippen molar-refractivity contribution in [3.05, 3.63) is 21.9 Å². The summed E-state index contributed by atoms with van der Waals surface area (Å²) in [5.41, 5.74) is 1.14. The molecule has 0 aromatic carbocycles. The summed E-state index contributed by atoms with van der Waals surface area (Å²) < 4.78 is 0. The minimum absolute atomic E-state index is 0.0306. The summed E-state index contributed by atoms with van der Waals surface area (Å²) in [7, 11) is 0. The first-order chi connectivity index (χ1) is 9.08. The molecule has 1 aromatic rings. The molecule has 0 spiro atoms. The Bertz CT molecular complexity index is 474. The van der Waals surface area contributed by atoms with Crippen LogP contribution in [0, 0.1) is 0 Å². The van der Waals surface area contributed by atoms with Gasteiger partial charge in [0.1, 0.15) is 0 Å². The van der Waals surface area contributed by atoms with Crippen LogP contribution in [0.1, 0.15) is 29.3 Å². The van der Waals surface area contributed by atoms with Crippen LogP contribution >= 0.6 is 11.3 Å². The van der Waals surface area contributed by atoms with Gasteiger partial charge in [-0.15, -0.1) is 11.3 Å². The number of aryl methyl sites for hydroxylation is 1. The molecule has 2 unspecified atom stereocenters. The predicted octanol–water partition coefficient (Wildman–Crippen LogP) is 0.870. The van der Waals surface area contributed by atoms with Crippen molar-refractivity contribution in [2.24, 2.45) is 0 Å². The minimum atomic E-state index is -1.58. The quantitative estimate of drug-likeness (QED) is 0.659. The summed E-state index contributed by atoms with van der Waals surface area (Å²) in [6, 6.07) is 1.53. The number of aliphatic hydroxyl groups excluding tert-OH is 1. The highest BCUT2D eigenvalue weighted by Crippen LogP contribution is 2.33. The second kappa shape index (κ2) is 6.03. The number of amides is 2. The van der Waals surface area contributed by atoms with Gasteiger partial charge in [-0.05, 0) is 36.3 Å². The summed E-state index contributed by atoms with van der Waals surface area (Å²) in [5, 5.41) is 24.7. The molecule has 1 aromatic heterocycles. The third-order valence-corrected chi connectivity index (χ3v) is 4.09. The van der Waals surface area contributed by atoms with Crippen molar-refractivity contribution in [1.82, 2.24) is 10.6 Å². The number of carboxylic acids is 1. The van der Waals surface area contributed by atoms with Gasteiger partial charge in [-0.2, -0.15) is 0 Å². The number of thiophene rings is 1. The zero-order valence-corrected chi connectivity index (χ0v) is 11.1. The number of aliphatic hydroxyl groups is 1. The van der Waals surface area contributed by atoms with Crippen molar-refractivity contribution in [1.29, 1.82) is 0 Å². The zero-order valence-electron chi connectivity index (χ0n) is 10.3. The third kappa shape index (κ3) is 3.45. The standard InChI is InChI=1S/C12H16N2O4S/c15-9(11(16)17)6-13-12(18)14-8-2-1-3-10-7(8)4-5-19-10/h4-5,8-9,15H,1-3,6H2,(H,16,17)(H2,13,14,18). The lowest BCUT2D eigenvalue weighted by Gasteiger charge is -2.24. The van der Waals surface area contributed by atoms with Gasteiger partial charge in [0.05, 0.1) is 12.6 Å². The second-order valence-corrected chi connectivity index (χ2v) is 5.45. The average Bonchev–Trinajstić information content (AvgIpc) is 2.85. The molecule has 2 atom stereocenters. The monoisotopic (exact) mass is 284 g/mol. The van der Waals surface area contributed by atoms with Crippen LogP contribution in [-0.4, -0.2) is 34.9 Å². The molecule has 1 aliphatic rings. The fourth-order valence-electron chi connectivity index (χ4n) is 2.12. The van der Waals surface area contributed by atoms with Crippen molar-refractivity contribution in [3.63, 3.8) is 0 Å². The van der Waals surface area contributed by atoms with Crippen LogP contribution in [0.2, 0.25) is 0 Å². The summed E-state index contributed by atoms with van der Waals surface area (Å²) in [6.45, 7) is -0.301. The third-order valence-electron chi connectivity index (χ3n) is 3.10. The van der Waals surface area contributed by atoms with Gasteiger partial charge in [-0.3, -0.25) is 0 Å². The number of carbonyl (C=O) groups excluding carboxylic acids is 1. The fourth-order valence-corrected chi connectivity index (χ4v) is 3.11. The Kier molecular flexibility index (Phi) is 4.39. The first-order valence-corrected chi connectivity index (χ1v) is 6.97. The van der Waals surface area contributed by atoms with E-state index in [-0.39, 0.29) is 12.6 Å². The van der Waals surface area contributed by atoms with E-state index in [0.717, 1.165) is 24.8 Å². The molecule has 19 heavy (non-hydrogen) atoms. The lowest BCUT2D eigenvalue weighted by Crippen LogP contribution is -2.43. The molecular formula is C12H16N2O4S. The van der Waals surface area contributed by atoms with Crippen molar-refractivity contribution < 1.29 is 19.8 Å². The number of aliphatic carboxylic acids is 1. The van der Waals surface area contributed by atoms with Crippen LogP contribution in [0.15, 0.2) is 11.4 Å². The summed E-state index contributed by atoms with van der Waals surface area (Å²) in [4.78, 5) is 23.4. The van der Waals surface area contributed by atoms with Crippen LogP contribution in [0.4, 0.5) is 4.79 Å². The summed E-state index contributed by atoms with van der Waals surface area (Å²) in [5.74, 6) is -1.35. The lowest BCUT2D eigenvalue weighted by molar-refractivity contribution is -0.146. The van der Waals surface area contributed by atoms with E-state index in [2.05, 4.69) is 10.6 Å². The fraction of sp³-hybridized carbons (Fsp3) is 0.500. The van der Waals surface area contributed by atoms with E-state index >= 15 is 0 Å². The number of nitrogens with one attached hydrogen (secondary N) is 2. The number of hydrogen-bond donors (Lipinski definition) is 4. The van der Waals surface area contributed by atoms with Crippen LogP contribution in [0.25, 0.3) is 0 Å². The normalized spacial score (nSPS) is 19.3. The van der Waals surface area contributed by atoms with E-state index in [1.165, 1.54) is 4.88 Å². The Morgan fingerprint density at radius 2 is 2.32 bits per heavy atom. The summed E-state index contributed by atoms with van der Waals surface area (Å²) >= 11 is 1.69. The van der Waals surface area contributed by atoms with Crippen LogP contribution in [-0.2, 0) is 11.2 Å². The van der Waals surface area contributed by atoms with Crippen molar-refractivity contribution >= 4 is 23.3 Å². The van der Waals surface area contributed by atoms with Gasteiger partial charge in [0.25, 0.3) is 0 Å². The van der Waals surface area contributed by atoms with Gasteiger partial charge in [-0.25, -0.2) is 9.59 Å². The van der Waals surface area contributed by atoms with Gasteiger partial charge in [0, 0.05) is 4.88 Å². The van der Waals surface area contributed by atoms with E-state index in [1.54, 1.807) is 11.3 Å². The molecule has 7 heteroatoms. The number of rotatable bonds is 4. The molecule has 0 bridgehead atoms. The molecule has 0 saturated carbocycles. The maximum absolute atomic E-state index is 11.6. The predicted molar refractivity (Wildman–Crippen MR) is 70.2 cm³/mol. The molecular weight excluding hydrogens is 268 g/mol. The van der Waals surface area contributed by atoms with Gasteiger partial charge >= 0.3 is 12.0 Å². The van der Waals surface area contributed by atoms with Gasteiger partial charge < -0.3 is 20.8 Å². The highest BCUT2D eigenvalue weighted by atomic mass is 32.1. The first kappa shape index (κ1) is 13.8. The Morgan fingerprint density at radius 3 is 3.05 bits per heavy atom. The van der Waals surface area contributed by atoms with E-state index in [0.29, 0.717) is 0 Å². The van der Waals surface area contributed by atoms with Crippen molar-refractivity contribution in [2.45, 2.75) is 31.4 Å². The SMILES string of the molecule is O=C(NCC(O)C(=O)O)NC1CCCc2sccc21. The molecule has 0 radical (unpaired) electrons. The maximum Gasteiger partial charge on any atom is 0.334 e. The highest BCUT2D eigenvalue weighted by molar-refractivity contribution is 7.10. The molecule has 6 nitrogen and oxygen atoms in total. The minimum Gasteiger partial charge on any atom is -0.479 e. The smallest absolute Gasteiger partial charge is 0.334 e. The molecule has 0 saturated heterocycles. The van der Waals surface area contributed by atoms with Crippen LogP contribution < -0.4 is 10.6 Å². The van der Waals surface area contributed by atoms with Crippen molar-refractivity contribution in [3.8, 4) is 0 Å². The molecule has 0 aliphatic heterocycles. The number of hydrogen-bond acceptors (Lipinski definition) is 4. The van der Waals surface area contributed by atoms with Gasteiger partial charge in [0.2, 0.25) is 0 Å². The van der Waals surface area contributed by atoms with Crippen molar-refractivity contribution in [2.75, 3.05) is 6.54 Å². The highest BCUT2D eigenvalue weighted by Gasteiger charge is 2.23. The molecule has 2 rings (SSSR count). The Balaban J connectivity index is 1.86. The molecule has 2 amide bonds. The molecule has 4 N–H and O–H groups in total. The zero-order chi connectivity index (χ0) is 13.8. The molecule has 0 fully saturated rings. The van der Waals surface area contributed by atoms with Gasteiger partial charge in [-0.1, -0.05) is 0 Å². The maximum atomic E-state index is 11.6. The second-order valence-electron chi connectivity index (χ2n) is 4.45. The number of carbonyl (C=O) groups is 2. The van der Waals surface area contributed by atoms with E-state index in [4.69, 9.17) is 10.2 Å². The van der Waals surface area contributed by atoms with Gasteiger partial charge in [0.15, 0.2) is 6.10 Å². The summed E-state index contributed by atoms with van der Waals surface area (Å²) in [6.07, 6.45) is 1.37. The topological polar surface area (TPSA) is 98.7 Å². The van der Waals surface area contributed by atoms with E-state index in [1.807, 2.05) is 11.4 Å². The molecule has 1 aliphatic carbocycles.